The van der Waals surface area contributed by atoms with E-state index in [1.165, 1.54) is 16.7 Å². The predicted octanol–water partition coefficient (Wildman–Crippen LogP) is 4.19. The topological polar surface area (TPSA) is 20.3 Å². The molecular weight excluding hydrogens is 294 g/mol. The third-order valence-corrected chi connectivity index (χ3v) is 5.48. The molecule has 2 aliphatic rings. The number of benzene rings is 2. The molecule has 4 rings (SSSR count). The van der Waals surface area contributed by atoms with Crippen LogP contribution in [-0.2, 0) is 4.79 Å². The molecule has 112 valence electrons. The van der Waals surface area contributed by atoms with Gasteiger partial charge in [-0.15, -0.1) is 0 Å². The van der Waals surface area contributed by atoms with E-state index in [2.05, 4.69) is 36.4 Å². The number of carbonyl (C=O) groups excluding carboxylic acids is 1. The fraction of sp³-hybridized carbons (Fsp3) is 0.316. The molecule has 1 fully saturated rings. The van der Waals surface area contributed by atoms with Gasteiger partial charge in [-0.25, -0.2) is 0 Å². The van der Waals surface area contributed by atoms with E-state index in [1.54, 1.807) is 0 Å². The molecule has 0 unspecified atom stereocenters. The molecule has 22 heavy (non-hydrogen) atoms. The van der Waals surface area contributed by atoms with Gasteiger partial charge in [0.05, 0.1) is 0 Å². The second-order valence-corrected chi connectivity index (χ2v) is 6.79. The van der Waals surface area contributed by atoms with Crippen LogP contribution in [0, 0.1) is 0 Å². The number of likely N-dealkylation sites (N-methyl/N-ethyl adjacent to an activating group) is 1. The first-order valence-corrected chi connectivity index (χ1v) is 8.13. The highest BCUT2D eigenvalue weighted by Gasteiger charge is 2.44. The Hall–Kier alpha value is -1.80. The summed E-state index contributed by atoms with van der Waals surface area (Å²) in [5.74, 6) is 0.908. The Balaban J connectivity index is 1.84. The maximum absolute atomic E-state index is 12.2. The lowest BCUT2D eigenvalue weighted by Crippen LogP contribution is -2.35. The number of amides is 1. The van der Waals surface area contributed by atoms with Crippen LogP contribution in [0.25, 0.3) is 0 Å². The second kappa shape index (κ2) is 5.13. The van der Waals surface area contributed by atoms with Gasteiger partial charge in [-0.3, -0.25) is 4.79 Å². The minimum absolute atomic E-state index is 0.261. The van der Waals surface area contributed by atoms with Gasteiger partial charge in [-0.05, 0) is 35.2 Å². The number of nitrogens with zero attached hydrogens (tertiary/aromatic N) is 1. The zero-order valence-electron chi connectivity index (χ0n) is 12.5. The van der Waals surface area contributed by atoms with Crippen molar-refractivity contribution in [2.24, 2.45) is 0 Å². The standard InChI is InChI=1S/C19H18ClNO/c1-21-18-10-16(12-5-4-6-13(20)9-12)14-7-2-3-8-15(14)17(18)11-19(21)22/h2-9,16-18H,10-11H2,1H3/t16-,17+,18-/m0/s1. The van der Waals surface area contributed by atoms with E-state index in [9.17, 15) is 4.79 Å². The summed E-state index contributed by atoms with van der Waals surface area (Å²) in [6, 6.07) is 17.0. The zero-order chi connectivity index (χ0) is 15.3. The summed E-state index contributed by atoms with van der Waals surface area (Å²) in [4.78, 5) is 14.1. The minimum atomic E-state index is 0.261. The van der Waals surface area contributed by atoms with Crippen molar-refractivity contribution in [3.05, 3.63) is 70.2 Å². The van der Waals surface area contributed by atoms with Gasteiger partial charge in [0, 0.05) is 36.4 Å². The third-order valence-electron chi connectivity index (χ3n) is 5.25. The van der Waals surface area contributed by atoms with E-state index < -0.39 is 0 Å². The Morgan fingerprint density at radius 1 is 1.09 bits per heavy atom. The smallest absolute Gasteiger partial charge is 0.223 e. The van der Waals surface area contributed by atoms with E-state index in [-0.39, 0.29) is 5.91 Å². The number of likely N-dealkylation sites (tertiary alicyclic amines) is 1. The molecular formula is C19H18ClNO. The monoisotopic (exact) mass is 311 g/mol. The van der Waals surface area contributed by atoms with E-state index >= 15 is 0 Å². The van der Waals surface area contributed by atoms with Gasteiger partial charge < -0.3 is 4.90 Å². The molecule has 0 bridgehead atoms. The highest BCUT2D eigenvalue weighted by atomic mass is 35.5. The van der Waals surface area contributed by atoms with Crippen LogP contribution in [0.3, 0.4) is 0 Å². The molecule has 3 atom stereocenters. The van der Waals surface area contributed by atoms with Crippen LogP contribution in [0.1, 0.15) is 41.4 Å². The van der Waals surface area contributed by atoms with Gasteiger partial charge >= 0.3 is 0 Å². The minimum Gasteiger partial charge on any atom is -0.342 e. The van der Waals surface area contributed by atoms with Crippen molar-refractivity contribution >= 4 is 17.5 Å². The van der Waals surface area contributed by atoms with Crippen LogP contribution in [-0.4, -0.2) is 23.9 Å². The first kappa shape index (κ1) is 13.8. The maximum atomic E-state index is 12.2. The Morgan fingerprint density at radius 3 is 2.64 bits per heavy atom. The number of hydrogen-bond donors (Lipinski definition) is 0. The van der Waals surface area contributed by atoms with Crippen molar-refractivity contribution in [2.45, 2.75) is 30.7 Å². The van der Waals surface area contributed by atoms with Gasteiger partial charge in [-0.1, -0.05) is 48.0 Å². The average Bonchev–Trinajstić information content (AvgIpc) is 2.82. The van der Waals surface area contributed by atoms with Gasteiger partial charge in [-0.2, -0.15) is 0 Å². The van der Waals surface area contributed by atoms with E-state index in [0.29, 0.717) is 24.3 Å². The quantitative estimate of drug-likeness (QED) is 0.773. The highest BCUT2D eigenvalue weighted by molar-refractivity contribution is 6.30. The summed E-state index contributed by atoms with van der Waals surface area (Å²) < 4.78 is 0. The molecule has 0 N–H and O–H groups in total. The van der Waals surface area contributed by atoms with Crippen LogP contribution in [0.4, 0.5) is 0 Å². The van der Waals surface area contributed by atoms with Crippen LogP contribution in [0.2, 0.25) is 5.02 Å². The molecule has 1 aliphatic heterocycles. The largest absolute Gasteiger partial charge is 0.342 e. The third kappa shape index (κ3) is 2.05. The summed E-state index contributed by atoms with van der Waals surface area (Å²) in [5.41, 5.74) is 3.93. The number of halogens is 1. The van der Waals surface area contributed by atoms with Crippen molar-refractivity contribution in [1.29, 1.82) is 0 Å². The second-order valence-electron chi connectivity index (χ2n) is 6.35. The van der Waals surface area contributed by atoms with Gasteiger partial charge in [0.2, 0.25) is 5.91 Å². The van der Waals surface area contributed by atoms with Crippen LogP contribution >= 0.6 is 11.6 Å². The Bertz CT molecular complexity index is 742. The molecule has 2 aromatic carbocycles. The van der Waals surface area contributed by atoms with Crippen molar-refractivity contribution in [3.8, 4) is 0 Å². The Morgan fingerprint density at radius 2 is 1.86 bits per heavy atom. The van der Waals surface area contributed by atoms with Crippen LogP contribution < -0.4 is 0 Å². The van der Waals surface area contributed by atoms with E-state index in [0.717, 1.165) is 11.4 Å². The molecule has 0 spiro atoms. The van der Waals surface area contributed by atoms with E-state index in [4.69, 9.17) is 11.6 Å². The lowest BCUT2D eigenvalue weighted by Gasteiger charge is -2.36. The summed E-state index contributed by atoms with van der Waals surface area (Å²) in [6.07, 6.45) is 1.62. The summed E-state index contributed by atoms with van der Waals surface area (Å²) in [6.45, 7) is 0. The predicted molar refractivity (Wildman–Crippen MR) is 88.3 cm³/mol. The average molecular weight is 312 g/mol. The fourth-order valence-electron chi connectivity index (χ4n) is 4.14. The van der Waals surface area contributed by atoms with Gasteiger partial charge in [0.1, 0.15) is 0 Å². The SMILES string of the molecule is CN1C(=O)C[C@@H]2c3ccccc3[C@H](c3cccc(Cl)c3)C[C@@H]21. The maximum Gasteiger partial charge on any atom is 0.223 e. The summed E-state index contributed by atoms with van der Waals surface area (Å²) in [5, 5.41) is 0.771. The zero-order valence-corrected chi connectivity index (χ0v) is 13.3. The van der Waals surface area contributed by atoms with Crippen LogP contribution in [0.15, 0.2) is 48.5 Å². The molecule has 1 aliphatic carbocycles. The Labute approximate surface area is 135 Å². The van der Waals surface area contributed by atoms with Gasteiger partial charge in [0.25, 0.3) is 0 Å². The molecule has 0 aromatic heterocycles. The van der Waals surface area contributed by atoms with Crippen molar-refractivity contribution in [1.82, 2.24) is 4.90 Å². The fourth-order valence-corrected chi connectivity index (χ4v) is 4.33. The molecule has 0 radical (unpaired) electrons. The number of rotatable bonds is 1. The van der Waals surface area contributed by atoms with Crippen molar-refractivity contribution in [2.75, 3.05) is 7.05 Å². The first-order chi connectivity index (χ1) is 10.6. The summed E-state index contributed by atoms with van der Waals surface area (Å²) in [7, 11) is 1.94. The molecule has 1 heterocycles. The van der Waals surface area contributed by atoms with Gasteiger partial charge in [0.15, 0.2) is 0 Å². The van der Waals surface area contributed by atoms with Crippen molar-refractivity contribution in [3.63, 3.8) is 0 Å². The lowest BCUT2D eigenvalue weighted by molar-refractivity contribution is -0.127. The van der Waals surface area contributed by atoms with E-state index in [1.807, 2.05) is 24.1 Å². The van der Waals surface area contributed by atoms with Crippen molar-refractivity contribution < 1.29 is 4.79 Å². The summed E-state index contributed by atoms with van der Waals surface area (Å²) >= 11 is 6.19. The number of fused-ring (bicyclic) bond motifs is 3. The van der Waals surface area contributed by atoms with Crippen LogP contribution in [0.5, 0.6) is 0 Å². The lowest BCUT2D eigenvalue weighted by atomic mass is 9.71. The molecule has 2 nitrogen and oxygen atoms in total. The normalized spacial score (nSPS) is 26.7. The first-order valence-electron chi connectivity index (χ1n) is 7.75. The number of hydrogen-bond acceptors (Lipinski definition) is 1. The number of carbonyl (C=O) groups is 1. The highest BCUT2D eigenvalue weighted by Crippen LogP contribution is 2.48. The molecule has 3 heteroatoms. The Kier molecular flexibility index (Phi) is 3.23. The molecule has 1 saturated heterocycles. The molecule has 2 aromatic rings. The molecule has 1 amide bonds. The molecule has 0 saturated carbocycles.